The summed E-state index contributed by atoms with van der Waals surface area (Å²) in [6, 6.07) is 32.4. The van der Waals surface area contributed by atoms with Crippen LogP contribution in [0.2, 0.25) is 0 Å². The van der Waals surface area contributed by atoms with Gasteiger partial charge >= 0.3 is 6.03 Å². The third-order valence-electron chi connectivity index (χ3n) is 6.30. The van der Waals surface area contributed by atoms with Crippen molar-refractivity contribution >= 4 is 29.3 Å². The zero-order chi connectivity index (χ0) is 27.7. The number of rotatable bonds is 9. The number of para-hydroxylation sites is 1. The summed E-state index contributed by atoms with van der Waals surface area (Å²) < 4.78 is 6.26. The molecule has 8 heteroatoms. The van der Waals surface area contributed by atoms with E-state index in [1.54, 1.807) is 19.3 Å². The number of pyridine rings is 1. The van der Waals surface area contributed by atoms with Crippen molar-refractivity contribution in [3.63, 3.8) is 0 Å². The average molecular weight is 531 g/mol. The van der Waals surface area contributed by atoms with Gasteiger partial charge in [0.05, 0.1) is 5.56 Å². The van der Waals surface area contributed by atoms with Crippen molar-refractivity contribution in [2.45, 2.75) is 6.42 Å². The van der Waals surface area contributed by atoms with Crippen molar-refractivity contribution in [2.75, 3.05) is 29.5 Å². The van der Waals surface area contributed by atoms with Gasteiger partial charge in [0.2, 0.25) is 5.88 Å². The number of amides is 2. The molecule has 0 atom stereocenters. The molecule has 5 N–H and O–H groups in total. The lowest BCUT2D eigenvalue weighted by Crippen LogP contribution is -2.26. The number of furan rings is 1. The molecule has 0 aliphatic rings. The molecule has 0 fully saturated rings. The van der Waals surface area contributed by atoms with Crippen molar-refractivity contribution in [1.29, 1.82) is 5.41 Å². The first kappa shape index (κ1) is 26.2. The van der Waals surface area contributed by atoms with E-state index in [-0.39, 0.29) is 11.9 Å². The smallest absolute Gasteiger partial charge is 0.324 e. The van der Waals surface area contributed by atoms with Gasteiger partial charge in [-0.25, -0.2) is 9.78 Å². The molecule has 5 aromatic rings. The number of nitrogens with one attached hydrogen (secondary N) is 5. The van der Waals surface area contributed by atoms with Crippen LogP contribution in [0, 0.1) is 5.41 Å². The Balaban J connectivity index is 1.26. The Morgan fingerprint density at radius 2 is 1.48 bits per heavy atom. The quantitative estimate of drug-likeness (QED) is 0.106. The Kier molecular flexibility index (Phi) is 8.17. The molecule has 0 unspecified atom stereocenters. The first-order chi connectivity index (χ1) is 19.6. The van der Waals surface area contributed by atoms with E-state index in [0.717, 1.165) is 22.3 Å². The minimum atomic E-state index is -0.355. The molecule has 0 bridgehead atoms. The lowest BCUT2D eigenvalue weighted by molar-refractivity contribution is 0.262. The monoisotopic (exact) mass is 530 g/mol. The lowest BCUT2D eigenvalue weighted by Gasteiger charge is -2.11. The summed E-state index contributed by atoms with van der Waals surface area (Å²) in [6.45, 7) is 0.519. The van der Waals surface area contributed by atoms with E-state index in [2.05, 4.69) is 26.3 Å². The van der Waals surface area contributed by atoms with E-state index < -0.39 is 0 Å². The van der Waals surface area contributed by atoms with E-state index in [1.165, 1.54) is 0 Å². The molecule has 2 aromatic heterocycles. The van der Waals surface area contributed by atoms with Crippen molar-refractivity contribution < 1.29 is 9.21 Å². The molecule has 5 rings (SSSR count). The van der Waals surface area contributed by atoms with Crippen LogP contribution in [0.4, 0.5) is 22.2 Å². The highest BCUT2D eigenvalue weighted by Gasteiger charge is 2.25. The summed E-state index contributed by atoms with van der Waals surface area (Å²) in [5.41, 5.74) is 5.12. The second-order valence-corrected chi connectivity index (χ2v) is 9.04. The van der Waals surface area contributed by atoms with E-state index >= 15 is 0 Å². The highest BCUT2D eigenvalue weighted by Crippen LogP contribution is 2.41. The third kappa shape index (κ3) is 6.19. The Bertz CT molecular complexity index is 1570. The molecule has 2 heterocycles. The van der Waals surface area contributed by atoms with Crippen molar-refractivity contribution in [3.05, 3.63) is 120 Å². The van der Waals surface area contributed by atoms with Gasteiger partial charge in [-0.3, -0.25) is 10.7 Å². The SMILES string of the molecule is CNc1oc(-c2ccccc2)c(-c2ccccc2)c1C(=N)NCCc1ccc(NC(=O)Nc2ccccc2)nc1. The number of amidine groups is 1. The Morgan fingerprint density at radius 3 is 2.10 bits per heavy atom. The molecule has 200 valence electrons. The van der Waals surface area contributed by atoms with Crippen LogP contribution >= 0.6 is 0 Å². The standard InChI is InChI=1S/C32H30N6O2/c1-34-31-28(27(23-11-5-2-6-12-23)29(40-31)24-13-7-3-8-14-24)30(33)35-20-19-22-17-18-26(36-21-22)38-32(39)37-25-15-9-4-10-16-25/h2-18,21,34H,19-20H2,1H3,(H2,33,35)(H2,36,37,38,39). The van der Waals surface area contributed by atoms with E-state index in [0.29, 0.717) is 41.7 Å². The zero-order valence-electron chi connectivity index (χ0n) is 22.1. The van der Waals surface area contributed by atoms with Crippen LogP contribution in [0.5, 0.6) is 0 Å². The Hall–Kier alpha value is -5.37. The first-order valence-electron chi connectivity index (χ1n) is 13.0. The topological polar surface area (TPSA) is 115 Å². The molecule has 0 aliphatic carbocycles. The van der Waals surface area contributed by atoms with Crippen LogP contribution in [0.25, 0.3) is 22.5 Å². The number of anilines is 3. The molecule has 0 saturated carbocycles. The minimum Gasteiger partial charge on any atom is -0.439 e. The number of urea groups is 1. The fraction of sp³-hybridized carbons (Fsp3) is 0.0938. The summed E-state index contributed by atoms with van der Waals surface area (Å²) >= 11 is 0. The molecule has 0 aliphatic heterocycles. The number of hydrogen-bond acceptors (Lipinski definition) is 5. The third-order valence-corrected chi connectivity index (χ3v) is 6.30. The average Bonchev–Trinajstić information content (AvgIpc) is 3.39. The lowest BCUT2D eigenvalue weighted by atomic mass is 9.97. The highest BCUT2D eigenvalue weighted by molar-refractivity contribution is 6.09. The molecular weight excluding hydrogens is 500 g/mol. The fourth-order valence-electron chi connectivity index (χ4n) is 4.39. The zero-order valence-corrected chi connectivity index (χ0v) is 22.1. The number of nitrogens with zero attached hydrogens (tertiary/aromatic N) is 1. The molecule has 40 heavy (non-hydrogen) atoms. The van der Waals surface area contributed by atoms with Crippen LogP contribution in [-0.4, -0.2) is 30.4 Å². The molecule has 0 spiro atoms. The van der Waals surface area contributed by atoms with Crippen LogP contribution in [0.15, 0.2) is 114 Å². The van der Waals surface area contributed by atoms with Gasteiger partial charge in [-0.1, -0.05) is 84.9 Å². The van der Waals surface area contributed by atoms with Gasteiger partial charge in [0.15, 0.2) is 0 Å². The van der Waals surface area contributed by atoms with Crippen molar-refractivity contribution in [1.82, 2.24) is 10.3 Å². The molecule has 8 nitrogen and oxygen atoms in total. The predicted octanol–water partition coefficient (Wildman–Crippen LogP) is 6.85. The Labute approximate surface area is 233 Å². The maximum atomic E-state index is 12.2. The van der Waals surface area contributed by atoms with Crippen LogP contribution in [0.3, 0.4) is 0 Å². The number of carbonyl (C=O) groups is 1. The number of aromatic nitrogens is 1. The van der Waals surface area contributed by atoms with Crippen LogP contribution in [-0.2, 0) is 6.42 Å². The van der Waals surface area contributed by atoms with Crippen molar-refractivity contribution in [3.8, 4) is 22.5 Å². The number of benzene rings is 3. The summed E-state index contributed by atoms with van der Waals surface area (Å²) in [5.74, 6) is 1.95. The first-order valence-corrected chi connectivity index (χ1v) is 13.0. The van der Waals surface area contributed by atoms with Gasteiger partial charge in [0.25, 0.3) is 0 Å². The van der Waals surface area contributed by atoms with Gasteiger partial charge in [-0.05, 0) is 35.7 Å². The second kappa shape index (κ2) is 12.4. The normalized spacial score (nSPS) is 10.5. The summed E-state index contributed by atoms with van der Waals surface area (Å²) in [5, 5.41) is 20.8. The summed E-state index contributed by atoms with van der Waals surface area (Å²) in [7, 11) is 1.79. The Morgan fingerprint density at radius 1 is 0.825 bits per heavy atom. The van der Waals surface area contributed by atoms with Gasteiger partial charge in [-0.2, -0.15) is 0 Å². The summed E-state index contributed by atoms with van der Waals surface area (Å²) in [6.07, 6.45) is 2.37. The largest absolute Gasteiger partial charge is 0.439 e. The van der Waals surface area contributed by atoms with Gasteiger partial charge in [0.1, 0.15) is 17.4 Å². The van der Waals surface area contributed by atoms with E-state index in [9.17, 15) is 4.79 Å². The van der Waals surface area contributed by atoms with Gasteiger partial charge in [0, 0.05) is 36.6 Å². The highest BCUT2D eigenvalue weighted by atomic mass is 16.4. The molecular formula is C32H30N6O2. The maximum Gasteiger partial charge on any atom is 0.324 e. The maximum absolute atomic E-state index is 12.2. The molecule has 3 aromatic carbocycles. The van der Waals surface area contributed by atoms with Crippen molar-refractivity contribution in [2.24, 2.45) is 0 Å². The minimum absolute atomic E-state index is 0.262. The molecule has 2 amide bonds. The molecule has 0 saturated heterocycles. The van der Waals surface area contributed by atoms with Crippen LogP contribution < -0.4 is 21.3 Å². The fourth-order valence-corrected chi connectivity index (χ4v) is 4.39. The number of hydrogen-bond donors (Lipinski definition) is 5. The van der Waals surface area contributed by atoms with Crippen LogP contribution in [0.1, 0.15) is 11.1 Å². The second-order valence-electron chi connectivity index (χ2n) is 9.04. The van der Waals surface area contributed by atoms with Gasteiger partial charge < -0.3 is 20.4 Å². The van der Waals surface area contributed by atoms with E-state index in [4.69, 9.17) is 9.83 Å². The van der Waals surface area contributed by atoms with Gasteiger partial charge in [-0.15, -0.1) is 0 Å². The summed E-state index contributed by atoms with van der Waals surface area (Å²) in [4.78, 5) is 16.6. The number of carbonyl (C=O) groups excluding carboxylic acids is 1. The van der Waals surface area contributed by atoms with E-state index in [1.807, 2.05) is 97.1 Å². The predicted molar refractivity (Wildman–Crippen MR) is 161 cm³/mol. The molecule has 0 radical (unpaired) electrons.